The summed E-state index contributed by atoms with van der Waals surface area (Å²) in [6.45, 7) is 2.84. The Kier molecular flexibility index (Phi) is 3.27. The molecule has 3 fully saturated rings. The van der Waals surface area contributed by atoms with Crippen molar-refractivity contribution in [3.8, 4) is 0 Å². The quantitative estimate of drug-likeness (QED) is 0.846. The highest BCUT2D eigenvalue weighted by atomic mass is 35.5. The average molecular weight is 341 g/mol. The van der Waals surface area contributed by atoms with Crippen LogP contribution in [0, 0.1) is 17.8 Å². The van der Waals surface area contributed by atoms with Gasteiger partial charge in [0.1, 0.15) is 5.02 Å². The monoisotopic (exact) mass is 340 g/mol. The topological polar surface area (TPSA) is 25.2 Å². The van der Waals surface area contributed by atoms with Crippen LogP contribution < -0.4 is 10.5 Å². The van der Waals surface area contributed by atoms with Crippen molar-refractivity contribution in [1.29, 1.82) is 0 Å². The van der Waals surface area contributed by atoms with E-state index in [1.165, 1.54) is 18.4 Å². The van der Waals surface area contributed by atoms with E-state index >= 15 is 0 Å². The van der Waals surface area contributed by atoms with E-state index in [4.69, 9.17) is 11.6 Å². The van der Waals surface area contributed by atoms with E-state index in [0.29, 0.717) is 28.7 Å². The largest absolute Gasteiger partial charge is 0.369 e. The van der Waals surface area contributed by atoms with Gasteiger partial charge in [-0.25, -0.2) is 0 Å². The third kappa shape index (κ3) is 2.37. The summed E-state index contributed by atoms with van der Waals surface area (Å²) in [5.41, 5.74) is 2.35. The molecule has 2 saturated carbocycles. The molecule has 2 unspecified atom stereocenters. The van der Waals surface area contributed by atoms with Crippen molar-refractivity contribution in [2.45, 2.75) is 25.3 Å². The van der Waals surface area contributed by atoms with Gasteiger partial charge in [-0.2, -0.15) is 0 Å². The lowest BCUT2D eigenvalue weighted by Crippen LogP contribution is -2.28. The van der Waals surface area contributed by atoms with Crippen LogP contribution >= 0.6 is 11.6 Å². The first-order valence-corrected chi connectivity index (χ1v) is 9.29. The average Bonchev–Trinajstić information content (AvgIpc) is 3.51. The maximum atomic E-state index is 12.5. The van der Waals surface area contributed by atoms with Crippen LogP contribution in [-0.4, -0.2) is 17.7 Å². The Balaban J connectivity index is 1.33. The zero-order chi connectivity index (χ0) is 16.3. The zero-order valence-corrected chi connectivity index (χ0v) is 14.3. The molecule has 4 heteroatoms. The molecule has 24 heavy (non-hydrogen) atoms. The predicted octanol–water partition coefficient (Wildman–Crippen LogP) is 3.76. The molecule has 1 saturated heterocycles. The van der Waals surface area contributed by atoms with Crippen LogP contribution in [0.5, 0.6) is 0 Å². The normalized spacial score (nSPS) is 28.0. The standard InChI is InChI=1S/C20H21ClN2O/c21-19-17(8-9-22(20(19)24)10-13-6-7-13)23-11-15-16(12-23)18(15)14-4-2-1-3-5-14/h1-5,8-9,13,15-16,18H,6-7,10-12H2/t15-,16?,18?/m0/s1. The number of halogens is 1. The van der Waals surface area contributed by atoms with E-state index in [0.717, 1.165) is 25.3 Å². The Hall–Kier alpha value is -1.74. The number of piperidine rings is 1. The van der Waals surface area contributed by atoms with Crippen molar-refractivity contribution in [3.05, 3.63) is 63.5 Å². The third-order valence-corrected chi connectivity index (χ3v) is 6.31. The number of hydrogen-bond acceptors (Lipinski definition) is 2. The van der Waals surface area contributed by atoms with Gasteiger partial charge < -0.3 is 9.47 Å². The molecular weight excluding hydrogens is 320 g/mol. The van der Waals surface area contributed by atoms with Gasteiger partial charge in [-0.05, 0) is 48.1 Å². The number of hydrogen-bond donors (Lipinski definition) is 0. The fraction of sp³-hybridized carbons (Fsp3) is 0.450. The lowest BCUT2D eigenvalue weighted by Gasteiger charge is -2.23. The first-order chi connectivity index (χ1) is 11.7. The molecule has 124 valence electrons. The van der Waals surface area contributed by atoms with E-state index in [1.807, 2.05) is 12.3 Å². The number of fused-ring (bicyclic) bond motifs is 1. The van der Waals surface area contributed by atoms with Crippen molar-refractivity contribution in [1.82, 2.24) is 4.57 Å². The molecule has 2 aliphatic carbocycles. The molecule has 1 aliphatic heterocycles. The fourth-order valence-corrected chi connectivity index (χ4v) is 4.69. The Morgan fingerprint density at radius 2 is 1.75 bits per heavy atom. The second kappa shape index (κ2) is 5.38. The van der Waals surface area contributed by atoms with Gasteiger partial charge in [0.05, 0.1) is 5.69 Å². The van der Waals surface area contributed by atoms with E-state index in [1.54, 1.807) is 4.57 Å². The minimum Gasteiger partial charge on any atom is -0.369 e. The second-order valence-electron chi connectivity index (χ2n) is 7.59. The number of anilines is 1. The van der Waals surface area contributed by atoms with E-state index in [-0.39, 0.29) is 5.56 Å². The second-order valence-corrected chi connectivity index (χ2v) is 7.96. The van der Waals surface area contributed by atoms with Crippen molar-refractivity contribution in [3.63, 3.8) is 0 Å². The van der Waals surface area contributed by atoms with Crippen LogP contribution in [0.2, 0.25) is 5.02 Å². The minimum atomic E-state index is -0.0266. The first-order valence-electron chi connectivity index (χ1n) is 8.91. The summed E-state index contributed by atoms with van der Waals surface area (Å²) in [5, 5.41) is 0.399. The van der Waals surface area contributed by atoms with E-state index < -0.39 is 0 Å². The van der Waals surface area contributed by atoms with Gasteiger partial charge >= 0.3 is 0 Å². The maximum absolute atomic E-state index is 12.5. The number of aromatic nitrogens is 1. The lowest BCUT2D eigenvalue weighted by atomic mass is 10.1. The van der Waals surface area contributed by atoms with Crippen molar-refractivity contribution < 1.29 is 0 Å². The molecule has 5 rings (SSSR count). The van der Waals surface area contributed by atoms with Crippen molar-refractivity contribution in [2.24, 2.45) is 17.8 Å². The molecule has 1 aromatic carbocycles. The van der Waals surface area contributed by atoms with Gasteiger partial charge in [0.25, 0.3) is 5.56 Å². The molecule has 0 spiro atoms. The third-order valence-electron chi connectivity index (χ3n) is 5.96. The number of pyridine rings is 1. The summed E-state index contributed by atoms with van der Waals surface area (Å²) in [6.07, 6.45) is 4.41. The summed E-state index contributed by atoms with van der Waals surface area (Å²) in [6, 6.07) is 12.8. The van der Waals surface area contributed by atoms with Crippen LogP contribution in [0.1, 0.15) is 24.3 Å². The van der Waals surface area contributed by atoms with E-state index in [2.05, 4.69) is 35.2 Å². The highest BCUT2D eigenvalue weighted by molar-refractivity contribution is 6.33. The minimum absolute atomic E-state index is 0.0266. The number of rotatable bonds is 4. The molecule has 3 nitrogen and oxygen atoms in total. The Bertz CT molecular complexity index is 815. The van der Waals surface area contributed by atoms with Crippen molar-refractivity contribution in [2.75, 3.05) is 18.0 Å². The zero-order valence-electron chi connectivity index (χ0n) is 13.6. The molecule has 2 aromatic rings. The summed E-state index contributed by atoms with van der Waals surface area (Å²) >= 11 is 6.42. The summed E-state index contributed by atoms with van der Waals surface area (Å²) in [5.74, 6) is 2.78. The molecular formula is C20H21ClN2O. The van der Waals surface area contributed by atoms with Gasteiger partial charge in [-0.3, -0.25) is 4.79 Å². The van der Waals surface area contributed by atoms with Crippen LogP contribution in [-0.2, 0) is 6.54 Å². The molecule has 0 amide bonds. The molecule has 1 aromatic heterocycles. The van der Waals surface area contributed by atoms with Crippen LogP contribution in [0.15, 0.2) is 47.4 Å². The summed E-state index contributed by atoms with van der Waals surface area (Å²) < 4.78 is 1.78. The number of nitrogens with zero attached hydrogens (tertiary/aromatic N) is 2. The molecule has 2 heterocycles. The van der Waals surface area contributed by atoms with Crippen LogP contribution in [0.4, 0.5) is 5.69 Å². The van der Waals surface area contributed by atoms with Crippen LogP contribution in [0.3, 0.4) is 0 Å². The van der Waals surface area contributed by atoms with Gasteiger partial charge in [-0.1, -0.05) is 41.9 Å². The van der Waals surface area contributed by atoms with Gasteiger partial charge in [-0.15, -0.1) is 0 Å². The SMILES string of the molecule is O=c1c(Cl)c(N2CC3C(c4ccccc4)[C@H]3C2)ccn1CC1CC1. The Morgan fingerprint density at radius 3 is 2.42 bits per heavy atom. The highest BCUT2D eigenvalue weighted by Crippen LogP contribution is 2.58. The smallest absolute Gasteiger partial charge is 0.271 e. The van der Waals surface area contributed by atoms with Gasteiger partial charge in [0.15, 0.2) is 0 Å². The maximum Gasteiger partial charge on any atom is 0.271 e. The Labute approximate surface area is 146 Å². The lowest BCUT2D eigenvalue weighted by molar-refractivity contribution is 0.606. The number of benzene rings is 1. The van der Waals surface area contributed by atoms with E-state index in [9.17, 15) is 4.79 Å². The van der Waals surface area contributed by atoms with Gasteiger partial charge in [0, 0.05) is 25.8 Å². The first kappa shape index (κ1) is 14.6. The fourth-order valence-electron chi connectivity index (χ4n) is 4.40. The van der Waals surface area contributed by atoms with Crippen molar-refractivity contribution >= 4 is 17.3 Å². The highest BCUT2D eigenvalue weighted by Gasteiger charge is 2.56. The molecule has 3 aliphatic rings. The molecule has 0 N–H and O–H groups in total. The molecule has 3 atom stereocenters. The summed E-state index contributed by atoms with van der Waals surface area (Å²) in [7, 11) is 0. The molecule has 0 bridgehead atoms. The molecule has 0 radical (unpaired) electrons. The summed E-state index contributed by atoms with van der Waals surface area (Å²) in [4.78, 5) is 14.8. The van der Waals surface area contributed by atoms with Crippen LogP contribution in [0.25, 0.3) is 0 Å². The predicted molar refractivity (Wildman–Crippen MR) is 96.8 cm³/mol. The van der Waals surface area contributed by atoms with Gasteiger partial charge in [0.2, 0.25) is 0 Å². The Morgan fingerprint density at radius 1 is 1.04 bits per heavy atom.